The maximum Gasteiger partial charge on any atom is 0.129 e. The van der Waals surface area contributed by atoms with E-state index < -0.39 is 5.54 Å². The van der Waals surface area contributed by atoms with Crippen LogP contribution in [0.4, 0.5) is 4.39 Å². The number of hydrogen-bond donors (Lipinski definition) is 0. The molecule has 0 saturated carbocycles. The highest BCUT2D eigenvalue weighted by atomic mass is 79.9. The van der Waals surface area contributed by atoms with Crippen LogP contribution >= 0.6 is 27.7 Å². The summed E-state index contributed by atoms with van der Waals surface area (Å²) in [6.45, 7) is 1.89. The van der Waals surface area contributed by atoms with Crippen molar-refractivity contribution in [1.29, 1.82) is 0 Å². The SMILES string of the molecule is C[C@@]1(c2cc(Br)ccc2F)C=CSC=N1. The molecule has 1 heterocycles. The number of hydrogen-bond acceptors (Lipinski definition) is 2. The van der Waals surface area contributed by atoms with Gasteiger partial charge in [-0.3, -0.25) is 4.99 Å². The lowest BCUT2D eigenvalue weighted by atomic mass is 9.92. The van der Waals surface area contributed by atoms with Crippen LogP contribution in [-0.2, 0) is 5.54 Å². The van der Waals surface area contributed by atoms with E-state index in [0.717, 1.165) is 4.47 Å². The summed E-state index contributed by atoms with van der Waals surface area (Å²) < 4.78 is 14.5. The van der Waals surface area contributed by atoms with E-state index in [0.29, 0.717) is 5.56 Å². The fraction of sp³-hybridized carbons (Fsp3) is 0.182. The van der Waals surface area contributed by atoms with Crippen LogP contribution in [0.5, 0.6) is 0 Å². The Hall–Kier alpha value is -0.610. The van der Waals surface area contributed by atoms with Gasteiger partial charge in [0.05, 0.1) is 5.55 Å². The molecule has 0 aromatic heterocycles. The Morgan fingerprint density at radius 1 is 1.47 bits per heavy atom. The highest BCUT2D eigenvalue weighted by Gasteiger charge is 2.26. The molecule has 0 fully saturated rings. The fourth-order valence-electron chi connectivity index (χ4n) is 1.43. The predicted molar refractivity (Wildman–Crippen MR) is 66.7 cm³/mol. The molecule has 78 valence electrons. The molecular formula is C11H9BrFNS. The van der Waals surface area contributed by atoms with Crippen LogP contribution < -0.4 is 0 Å². The topological polar surface area (TPSA) is 12.4 Å². The van der Waals surface area contributed by atoms with Gasteiger partial charge in [0.25, 0.3) is 0 Å². The number of thioether (sulfide) groups is 1. The lowest BCUT2D eigenvalue weighted by molar-refractivity contribution is 0.546. The zero-order valence-corrected chi connectivity index (χ0v) is 10.5. The summed E-state index contributed by atoms with van der Waals surface area (Å²) in [5.74, 6) is -0.227. The molecule has 4 heteroatoms. The van der Waals surface area contributed by atoms with E-state index in [9.17, 15) is 4.39 Å². The second-order valence-electron chi connectivity index (χ2n) is 3.45. The van der Waals surface area contributed by atoms with Crippen LogP contribution in [0.1, 0.15) is 12.5 Å². The van der Waals surface area contributed by atoms with E-state index in [-0.39, 0.29) is 5.82 Å². The molecule has 0 radical (unpaired) electrons. The summed E-state index contributed by atoms with van der Waals surface area (Å²) in [4.78, 5) is 4.32. The van der Waals surface area contributed by atoms with Gasteiger partial charge in [-0.05, 0) is 36.6 Å². The highest BCUT2D eigenvalue weighted by molar-refractivity contribution is 9.10. The molecule has 1 aromatic carbocycles. The molecule has 0 saturated heterocycles. The van der Waals surface area contributed by atoms with Gasteiger partial charge in [-0.15, -0.1) is 0 Å². The average molecular weight is 286 g/mol. The van der Waals surface area contributed by atoms with Gasteiger partial charge in [0.1, 0.15) is 11.4 Å². The Balaban J connectivity index is 2.52. The lowest BCUT2D eigenvalue weighted by Gasteiger charge is -2.24. The summed E-state index contributed by atoms with van der Waals surface area (Å²) in [5, 5.41) is 1.92. The van der Waals surface area contributed by atoms with Gasteiger partial charge in [-0.1, -0.05) is 27.7 Å². The Bertz CT molecular complexity index is 430. The number of halogens is 2. The largest absolute Gasteiger partial charge is 0.271 e. The van der Waals surface area contributed by atoms with Crippen molar-refractivity contribution in [2.45, 2.75) is 12.5 Å². The van der Waals surface area contributed by atoms with Gasteiger partial charge in [0, 0.05) is 10.0 Å². The van der Waals surface area contributed by atoms with E-state index in [2.05, 4.69) is 20.9 Å². The van der Waals surface area contributed by atoms with E-state index >= 15 is 0 Å². The first-order valence-electron chi connectivity index (χ1n) is 4.44. The van der Waals surface area contributed by atoms with Crippen LogP contribution in [0.2, 0.25) is 0 Å². The van der Waals surface area contributed by atoms with E-state index in [1.165, 1.54) is 17.8 Å². The van der Waals surface area contributed by atoms with Crippen molar-refractivity contribution in [2.75, 3.05) is 0 Å². The standard InChI is InChI=1S/C11H9BrFNS/c1-11(4-5-15-7-14-11)9-6-8(12)2-3-10(9)13/h2-7H,1H3/t11-/m0/s1. The summed E-state index contributed by atoms with van der Waals surface area (Å²) in [5.41, 5.74) is 1.74. The summed E-state index contributed by atoms with van der Waals surface area (Å²) in [7, 11) is 0. The van der Waals surface area contributed by atoms with E-state index in [1.807, 2.05) is 18.4 Å². The maximum atomic E-state index is 13.7. The Labute approximate surface area is 101 Å². The fourth-order valence-corrected chi connectivity index (χ4v) is 2.49. The zero-order valence-electron chi connectivity index (χ0n) is 8.08. The summed E-state index contributed by atoms with van der Waals surface area (Å²) in [6, 6.07) is 4.91. The van der Waals surface area contributed by atoms with Crippen molar-refractivity contribution in [2.24, 2.45) is 4.99 Å². The van der Waals surface area contributed by atoms with Crippen LogP contribution in [0.15, 0.2) is 39.1 Å². The smallest absolute Gasteiger partial charge is 0.129 e. The minimum Gasteiger partial charge on any atom is -0.271 e. The molecule has 1 atom stereocenters. The van der Waals surface area contributed by atoms with Gasteiger partial charge in [-0.25, -0.2) is 4.39 Å². The molecule has 0 amide bonds. The molecule has 1 aliphatic heterocycles. The molecule has 0 N–H and O–H groups in total. The molecule has 0 unspecified atom stereocenters. The third-order valence-electron chi connectivity index (χ3n) is 2.33. The van der Waals surface area contributed by atoms with Gasteiger partial charge >= 0.3 is 0 Å². The van der Waals surface area contributed by atoms with Crippen molar-refractivity contribution in [3.63, 3.8) is 0 Å². The van der Waals surface area contributed by atoms with Crippen molar-refractivity contribution in [3.05, 3.63) is 45.5 Å². The van der Waals surface area contributed by atoms with Gasteiger partial charge < -0.3 is 0 Å². The third kappa shape index (κ3) is 2.16. The van der Waals surface area contributed by atoms with Crippen molar-refractivity contribution >= 4 is 33.2 Å². The van der Waals surface area contributed by atoms with Gasteiger partial charge in [0.2, 0.25) is 0 Å². The van der Waals surface area contributed by atoms with Crippen LogP contribution in [0, 0.1) is 5.82 Å². The minimum absolute atomic E-state index is 0.227. The van der Waals surface area contributed by atoms with Crippen LogP contribution in [-0.4, -0.2) is 5.55 Å². The van der Waals surface area contributed by atoms with E-state index in [4.69, 9.17) is 0 Å². The second-order valence-corrected chi connectivity index (χ2v) is 5.12. The Morgan fingerprint density at radius 3 is 2.93 bits per heavy atom. The van der Waals surface area contributed by atoms with Gasteiger partial charge in [-0.2, -0.15) is 0 Å². The number of benzene rings is 1. The summed E-state index contributed by atoms with van der Waals surface area (Å²) in [6.07, 6.45) is 1.91. The zero-order chi connectivity index (χ0) is 10.9. The monoisotopic (exact) mass is 285 g/mol. The van der Waals surface area contributed by atoms with Gasteiger partial charge in [0.15, 0.2) is 0 Å². The molecule has 1 aromatic rings. The lowest BCUT2D eigenvalue weighted by Crippen LogP contribution is -2.19. The number of rotatable bonds is 1. The van der Waals surface area contributed by atoms with Crippen molar-refractivity contribution < 1.29 is 4.39 Å². The second kappa shape index (κ2) is 4.10. The number of nitrogens with zero attached hydrogens (tertiary/aromatic N) is 1. The van der Waals surface area contributed by atoms with Crippen molar-refractivity contribution in [3.8, 4) is 0 Å². The summed E-state index contributed by atoms with van der Waals surface area (Å²) >= 11 is 4.83. The van der Waals surface area contributed by atoms with E-state index in [1.54, 1.807) is 17.7 Å². The third-order valence-corrected chi connectivity index (χ3v) is 3.34. The molecule has 1 nitrogen and oxygen atoms in total. The average Bonchev–Trinajstić information content (AvgIpc) is 2.23. The van der Waals surface area contributed by atoms with Crippen LogP contribution in [0.25, 0.3) is 0 Å². The Morgan fingerprint density at radius 2 is 2.27 bits per heavy atom. The minimum atomic E-state index is -0.584. The molecule has 2 rings (SSSR count). The normalized spacial score (nSPS) is 24.5. The first-order valence-corrected chi connectivity index (χ1v) is 6.18. The molecule has 0 bridgehead atoms. The molecule has 1 aliphatic rings. The maximum absolute atomic E-state index is 13.7. The van der Waals surface area contributed by atoms with Crippen LogP contribution in [0.3, 0.4) is 0 Å². The molecule has 0 aliphatic carbocycles. The Kier molecular flexibility index (Phi) is 2.98. The first kappa shape index (κ1) is 10.9. The number of aliphatic imine (C=N–C) groups is 1. The first-order chi connectivity index (χ1) is 7.12. The predicted octanol–water partition coefficient (Wildman–Crippen LogP) is 4.09. The quantitative estimate of drug-likeness (QED) is 0.757. The molecular weight excluding hydrogens is 277 g/mol. The van der Waals surface area contributed by atoms with Crippen molar-refractivity contribution in [1.82, 2.24) is 0 Å². The molecule has 0 spiro atoms. The highest BCUT2D eigenvalue weighted by Crippen LogP contribution is 2.34. The molecule has 15 heavy (non-hydrogen) atoms.